The van der Waals surface area contributed by atoms with Gasteiger partial charge in [0.2, 0.25) is 11.9 Å². The number of amides is 1. The van der Waals surface area contributed by atoms with Gasteiger partial charge >= 0.3 is 13.2 Å². The number of anilines is 3. The number of aryl methyl sites for hydroxylation is 2. The van der Waals surface area contributed by atoms with Gasteiger partial charge in [-0.25, -0.2) is 9.97 Å². The molecular weight excluding hydrogens is 460 g/mol. The Balaban J connectivity index is 1.61. The molecule has 0 radical (unpaired) electrons. The number of nitrogens with one attached hydrogen (secondary N) is 3. The van der Waals surface area contributed by atoms with Crippen LogP contribution in [0, 0.1) is 6.92 Å². The van der Waals surface area contributed by atoms with Crippen LogP contribution in [-0.4, -0.2) is 39.5 Å². The molecule has 35 heavy (non-hydrogen) atoms. The minimum absolute atomic E-state index is 0.0534. The molecule has 12 heteroatoms. The Kier molecular flexibility index (Phi) is 7.04. The van der Waals surface area contributed by atoms with Crippen LogP contribution in [0.1, 0.15) is 28.8 Å². The Morgan fingerprint density at radius 2 is 2.00 bits per heavy atom. The lowest BCUT2D eigenvalue weighted by Gasteiger charge is -2.14. The second-order valence-corrected chi connectivity index (χ2v) is 8.39. The Morgan fingerprint density at radius 1 is 1.20 bits per heavy atom. The fraction of sp³-hybridized carbons (Fsp3) is 0.304. The van der Waals surface area contributed by atoms with E-state index in [4.69, 9.17) is 0 Å². The van der Waals surface area contributed by atoms with Crippen molar-refractivity contribution in [1.29, 1.82) is 0 Å². The molecule has 2 aromatic heterocycles. The summed E-state index contributed by atoms with van der Waals surface area (Å²) in [5.41, 5.74) is 2.89. The summed E-state index contributed by atoms with van der Waals surface area (Å²) in [7, 11) is -0.565. The van der Waals surface area contributed by atoms with E-state index in [9.17, 15) is 23.0 Å². The summed E-state index contributed by atoms with van der Waals surface area (Å²) in [6.07, 6.45) is 0.257. The second-order valence-electron chi connectivity index (χ2n) is 8.39. The highest BCUT2D eigenvalue weighted by molar-refractivity contribution is 6.45. The predicted octanol–water partition coefficient (Wildman–Crippen LogP) is 3.74. The molecular formula is C23H24BF3N6O2. The highest BCUT2D eigenvalue weighted by Gasteiger charge is 2.32. The molecule has 0 spiro atoms. The van der Waals surface area contributed by atoms with Crippen LogP contribution in [-0.2, 0) is 23.8 Å². The Bertz CT molecular complexity index is 1250. The first-order valence-corrected chi connectivity index (χ1v) is 11.1. The number of pyridine rings is 1. The minimum Gasteiger partial charge on any atom is -0.437 e. The molecule has 0 atom stereocenters. The third-order valence-electron chi connectivity index (χ3n) is 5.56. The first-order valence-electron chi connectivity index (χ1n) is 11.1. The highest BCUT2D eigenvalue weighted by atomic mass is 19.4. The maximum absolute atomic E-state index is 13.2. The molecule has 1 aliphatic rings. The summed E-state index contributed by atoms with van der Waals surface area (Å²) in [4.78, 5) is 25.6. The average Bonchev–Trinajstić information content (AvgIpc) is 2.92. The number of alkyl halides is 3. The lowest BCUT2D eigenvalue weighted by Crippen LogP contribution is -2.31. The smallest absolute Gasteiger partial charge is 0.416 e. The summed E-state index contributed by atoms with van der Waals surface area (Å²) in [5.74, 6) is -0.201. The Hall–Kier alpha value is -3.51. The summed E-state index contributed by atoms with van der Waals surface area (Å²) in [5, 5.41) is 17.9. The predicted molar refractivity (Wildman–Crippen MR) is 127 cm³/mol. The number of halogens is 3. The van der Waals surface area contributed by atoms with Gasteiger partial charge in [0.25, 0.3) is 0 Å². The van der Waals surface area contributed by atoms with Crippen molar-refractivity contribution in [2.45, 2.75) is 39.2 Å². The van der Waals surface area contributed by atoms with Gasteiger partial charge in [0.05, 0.1) is 34.7 Å². The van der Waals surface area contributed by atoms with Gasteiger partial charge in [0.1, 0.15) is 0 Å². The van der Waals surface area contributed by atoms with Crippen molar-refractivity contribution in [2.24, 2.45) is 0 Å². The lowest BCUT2D eigenvalue weighted by atomic mass is 9.89. The number of benzene rings is 1. The van der Waals surface area contributed by atoms with E-state index in [0.29, 0.717) is 29.1 Å². The van der Waals surface area contributed by atoms with E-state index in [1.807, 2.05) is 13.0 Å². The van der Waals surface area contributed by atoms with Gasteiger partial charge in [0, 0.05) is 23.5 Å². The van der Waals surface area contributed by atoms with Gasteiger partial charge in [-0.1, -0.05) is 6.07 Å². The number of aromatic nitrogens is 3. The molecule has 4 N–H and O–H groups in total. The number of carbonyl (C=O) groups excluding carboxylic acids is 1. The molecule has 1 amide bonds. The molecule has 0 saturated heterocycles. The molecule has 1 aliphatic heterocycles. The molecule has 182 valence electrons. The van der Waals surface area contributed by atoms with Crippen molar-refractivity contribution in [3.8, 4) is 11.3 Å². The molecule has 3 heterocycles. The van der Waals surface area contributed by atoms with E-state index < -0.39 is 24.7 Å². The largest absolute Gasteiger partial charge is 0.437 e. The average molecular weight is 484 g/mol. The van der Waals surface area contributed by atoms with Crippen LogP contribution in [0.15, 0.2) is 36.7 Å². The van der Waals surface area contributed by atoms with Gasteiger partial charge in [-0.3, -0.25) is 9.78 Å². The zero-order valence-corrected chi connectivity index (χ0v) is 19.2. The van der Waals surface area contributed by atoms with Crippen molar-refractivity contribution in [3.05, 3.63) is 59.0 Å². The third kappa shape index (κ3) is 5.95. The standard InChI is InChI=1S/C23H24BF3N6O2/c1-13-18(8-14(11-28-13)4-3-7-30-24(2)35)32-22-29-12-15-9-20(34)31-19-10-16(23(25,26)27)5-6-17(19)21(15)33-22/h5-6,8,10-12,30,35H,3-4,7,9H2,1-2H3,(H,31,34)(H,29,32,33). The van der Waals surface area contributed by atoms with E-state index in [1.54, 1.807) is 13.0 Å². The zero-order valence-electron chi connectivity index (χ0n) is 19.2. The molecule has 4 rings (SSSR count). The van der Waals surface area contributed by atoms with Crippen LogP contribution in [0.4, 0.5) is 30.5 Å². The third-order valence-corrected chi connectivity index (χ3v) is 5.56. The van der Waals surface area contributed by atoms with E-state index in [-0.39, 0.29) is 18.1 Å². The normalized spacial score (nSPS) is 12.9. The van der Waals surface area contributed by atoms with Gasteiger partial charge in [0.15, 0.2) is 0 Å². The number of carbonyl (C=O) groups is 1. The van der Waals surface area contributed by atoms with Gasteiger partial charge in [-0.2, -0.15) is 13.2 Å². The molecule has 0 unspecified atom stereocenters. The molecule has 8 nitrogen and oxygen atoms in total. The lowest BCUT2D eigenvalue weighted by molar-refractivity contribution is -0.137. The van der Waals surface area contributed by atoms with E-state index in [2.05, 4.69) is 30.8 Å². The number of hydrogen-bond donors (Lipinski definition) is 4. The van der Waals surface area contributed by atoms with Crippen molar-refractivity contribution in [2.75, 3.05) is 17.2 Å². The maximum atomic E-state index is 13.2. The Labute approximate surface area is 200 Å². The molecule has 0 fully saturated rings. The first kappa shape index (κ1) is 24.6. The monoisotopic (exact) mass is 484 g/mol. The first-order chi connectivity index (χ1) is 16.6. The van der Waals surface area contributed by atoms with E-state index in [0.717, 1.165) is 36.2 Å². The van der Waals surface area contributed by atoms with Crippen LogP contribution < -0.4 is 15.9 Å². The van der Waals surface area contributed by atoms with E-state index in [1.165, 1.54) is 12.3 Å². The molecule has 0 aliphatic carbocycles. The summed E-state index contributed by atoms with van der Waals surface area (Å²) in [6, 6.07) is 5.14. The summed E-state index contributed by atoms with van der Waals surface area (Å²) in [6.45, 7) is 4.15. The van der Waals surface area contributed by atoms with Crippen LogP contribution >= 0.6 is 0 Å². The van der Waals surface area contributed by atoms with Gasteiger partial charge in [-0.05, 0) is 56.9 Å². The zero-order chi connectivity index (χ0) is 25.2. The van der Waals surface area contributed by atoms with Crippen molar-refractivity contribution >= 4 is 30.3 Å². The summed E-state index contributed by atoms with van der Waals surface area (Å²) >= 11 is 0. The van der Waals surface area contributed by atoms with Gasteiger partial charge in [-0.15, -0.1) is 0 Å². The fourth-order valence-corrected chi connectivity index (χ4v) is 3.79. The van der Waals surface area contributed by atoms with E-state index >= 15 is 0 Å². The molecule has 0 bridgehead atoms. The maximum Gasteiger partial charge on any atom is 0.416 e. The number of fused-ring (bicyclic) bond motifs is 3. The topological polar surface area (TPSA) is 112 Å². The quantitative estimate of drug-likeness (QED) is 0.299. The summed E-state index contributed by atoms with van der Waals surface area (Å²) < 4.78 is 39.6. The number of nitrogens with zero attached hydrogens (tertiary/aromatic N) is 3. The fourth-order valence-electron chi connectivity index (χ4n) is 3.79. The SMILES string of the molecule is CB(O)NCCCc1cnc(C)c(Nc2ncc3c(n2)-c2ccc(C(F)(F)F)cc2NC(=O)C3)c1. The van der Waals surface area contributed by atoms with Crippen molar-refractivity contribution in [1.82, 2.24) is 20.2 Å². The highest BCUT2D eigenvalue weighted by Crippen LogP contribution is 2.38. The van der Waals surface area contributed by atoms with Crippen molar-refractivity contribution < 1.29 is 23.0 Å². The molecule has 0 saturated carbocycles. The van der Waals surface area contributed by atoms with Crippen LogP contribution in [0.5, 0.6) is 0 Å². The molecule has 3 aromatic rings. The van der Waals surface area contributed by atoms with Gasteiger partial charge < -0.3 is 20.9 Å². The van der Waals surface area contributed by atoms with Crippen LogP contribution in [0.25, 0.3) is 11.3 Å². The second kappa shape index (κ2) is 10.0. The van der Waals surface area contributed by atoms with Crippen LogP contribution in [0.3, 0.4) is 0 Å². The Morgan fingerprint density at radius 3 is 2.74 bits per heavy atom. The molecule has 1 aromatic carbocycles. The van der Waals surface area contributed by atoms with Crippen molar-refractivity contribution in [3.63, 3.8) is 0 Å². The van der Waals surface area contributed by atoms with Crippen LogP contribution in [0.2, 0.25) is 6.82 Å². The minimum atomic E-state index is -4.53. The number of hydrogen-bond acceptors (Lipinski definition) is 7. The number of rotatable bonds is 7.